The number of halogens is 8. The van der Waals surface area contributed by atoms with Crippen molar-refractivity contribution in [2.45, 2.75) is 19.6 Å². The molecule has 6 aromatic rings. The van der Waals surface area contributed by atoms with Gasteiger partial charge in [-0.1, -0.05) is 5.04 Å². The molecule has 6 aromatic carbocycles. The summed E-state index contributed by atoms with van der Waals surface area (Å²) in [4.78, 5) is -2.96. The summed E-state index contributed by atoms with van der Waals surface area (Å²) < 4.78 is 237. The summed E-state index contributed by atoms with van der Waals surface area (Å²) in [6, 6.07) is 7.41. The van der Waals surface area contributed by atoms with Crippen molar-refractivity contribution >= 4 is 63.9 Å². The van der Waals surface area contributed by atoms with Gasteiger partial charge < -0.3 is 9.47 Å². The normalized spacial score (nSPS) is 12.4. The molecule has 306 valence electrons. The van der Waals surface area contributed by atoms with Crippen molar-refractivity contribution in [2.75, 3.05) is 0 Å². The van der Waals surface area contributed by atoms with Gasteiger partial charge in [0.25, 0.3) is 30.4 Å². The van der Waals surface area contributed by atoms with E-state index in [0.717, 1.165) is 36.4 Å². The Labute approximate surface area is 322 Å². The topological polar surface area (TPSA) is 220 Å². The molecule has 6 rings (SSSR count). The second-order valence-electron chi connectivity index (χ2n) is 11.4. The highest BCUT2D eigenvalue weighted by atomic mass is 32.2. The van der Waals surface area contributed by atoms with Crippen molar-refractivity contribution in [3.8, 4) is 34.1 Å². The summed E-state index contributed by atoms with van der Waals surface area (Å²) in [7, 11) is -15.1. The molecule has 0 saturated heterocycles. The summed E-state index contributed by atoms with van der Waals surface area (Å²) >= 11 is 0.165. The molecule has 0 fully saturated rings. The van der Waals surface area contributed by atoms with Crippen LogP contribution in [0.1, 0.15) is 0 Å². The number of hydrogen-bond acceptors (Lipinski definition) is 12. The van der Waals surface area contributed by atoms with Crippen LogP contribution in [-0.2, 0) is 39.7 Å². The number of rotatable bonds is 11. The smallest absolute Gasteiger partial charge is 0.294 e. The van der Waals surface area contributed by atoms with Crippen molar-refractivity contribution in [3.63, 3.8) is 0 Å². The molecule has 26 heteroatoms. The lowest BCUT2D eigenvalue weighted by Gasteiger charge is -2.17. The molecule has 58 heavy (non-hydrogen) atoms. The van der Waals surface area contributed by atoms with Crippen molar-refractivity contribution in [2.24, 2.45) is 0 Å². The molecule has 0 spiro atoms. The Morgan fingerprint density at radius 1 is 0.466 bits per heavy atom. The minimum atomic E-state index is -5.25. The van der Waals surface area contributed by atoms with Crippen LogP contribution in [0.4, 0.5) is 35.1 Å². The Morgan fingerprint density at radius 2 is 0.828 bits per heavy atom. The second-order valence-corrected chi connectivity index (χ2v) is 16.4. The molecular formula is C32H14F8O14S4. The van der Waals surface area contributed by atoms with Crippen LogP contribution in [0, 0.1) is 46.5 Å². The van der Waals surface area contributed by atoms with Crippen molar-refractivity contribution in [1.82, 2.24) is 0 Å². The molecule has 0 radical (unpaired) electrons. The monoisotopic (exact) mass is 902 g/mol. The van der Waals surface area contributed by atoms with Gasteiger partial charge in [0.15, 0.2) is 23.3 Å². The van der Waals surface area contributed by atoms with Gasteiger partial charge in [0, 0.05) is 21.7 Å². The molecule has 0 heterocycles. The summed E-state index contributed by atoms with van der Waals surface area (Å²) in [5.74, 6) is -27.1. The van der Waals surface area contributed by atoms with Crippen molar-refractivity contribution < 1.29 is 98.1 Å². The Hall–Kier alpha value is -5.16. The zero-order chi connectivity index (χ0) is 42.8. The minimum absolute atomic E-state index is 0.165. The van der Waals surface area contributed by atoms with E-state index in [2.05, 4.69) is 9.37 Å². The molecular weight excluding hydrogens is 889 g/mol. The molecule has 0 aliphatic heterocycles. The Kier molecular flexibility index (Phi) is 11.1. The first-order valence-electron chi connectivity index (χ1n) is 14.7. The summed E-state index contributed by atoms with van der Waals surface area (Å²) in [6.07, 6.45) is 0. The lowest BCUT2D eigenvalue weighted by molar-refractivity contribution is -0.432. The van der Waals surface area contributed by atoms with Gasteiger partial charge in [-0.15, -0.1) is 4.33 Å². The molecule has 4 N–H and O–H groups in total. The third-order valence-corrected chi connectivity index (χ3v) is 11.0. The van der Waals surface area contributed by atoms with Gasteiger partial charge in [-0.25, -0.2) is 22.8 Å². The summed E-state index contributed by atoms with van der Waals surface area (Å²) in [6.45, 7) is 0. The SMILES string of the molecule is O=S(=O)(O)c1ccc2c(Oc3c(F)c(F)c(-c4c(F)c(F)c(Oc5cc(S(=O)(=O)O)cc6cc(S(=O)(=O)O)ccc56)c(F)c4F)c(F)c3F)cc(SOOO)cc2c1. The van der Waals surface area contributed by atoms with E-state index in [9.17, 15) is 38.9 Å². The Balaban J connectivity index is 1.48. The van der Waals surface area contributed by atoms with Crippen LogP contribution >= 0.6 is 12.0 Å². The highest BCUT2D eigenvalue weighted by molar-refractivity contribution is 7.94. The summed E-state index contributed by atoms with van der Waals surface area (Å²) in [5.41, 5.74) is -4.74. The van der Waals surface area contributed by atoms with Crippen LogP contribution in [0.3, 0.4) is 0 Å². The first-order chi connectivity index (χ1) is 26.9. The molecule has 0 aliphatic carbocycles. The van der Waals surface area contributed by atoms with E-state index in [4.69, 9.17) is 14.7 Å². The third-order valence-electron chi connectivity index (χ3n) is 7.89. The van der Waals surface area contributed by atoms with Crippen LogP contribution in [0.15, 0.2) is 80.2 Å². The van der Waals surface area contributed by atoms with Crippen LogP contribution in [0.5, 0.6) is 23.0 Å². The molecule has 0 amide bonds. The Bertz CT molecular complexity index is 3010. The van der Waals surface area contributed by atoms with Crippen LogP contribution in [0.25, 0.3) is 32.7 Å². The maximum absolute atomic E-state index is 15.6. The minimum Gasteiger partial charge on any atom is -0.450 e. The lowest BCUT2D eigenvalue weighted by Crippen LogP contribution is -2.09. The number of benzene rings is 6. The summed E-state index contributed by atoms with van der Waals surface area (Å²) in [5, 5.41) is 10.4. The fraction of sp³-hybridized carbons (Fsp3) is 0. The fourth-order valence-corrected chi connectivity index (χ4v) is 7.38. The van der Waals surface area contributed by atoms with E-state index in [1.165, 1.54) is 0 Å². The predicted octanol–water partition coefficient (Wildman–Crippen LogP) is 8.53. The van der Waals surface area contributed by atoms with Gasteiger partial charge >= 0.3 is 0 Å². The number of hydrogen-bond donors (Lipinski definition) is 4. The largest absolute Gasteiger partial charge is 0.450 e. The third kappa shape index (κ3) is 7.85. The van der Waals surface area contributed by atoms with Gasteiger partial charge in [0.05, 0.1) is 37.9 Å². The zero-order valence-corrected chi connectivity index (χ0v) is 30.6. The van der Waals surface area contributed by atoms with Crippen LogP contribution in [0.2, 0.25) is 0 Å². The van der Waals surface area contributed by atoms with Gasteiger partial charge in [-0.2, -0.15) is 42.8 Å². The van der Waals surface area contributed by atoms with Gasteiger partial charge in [0.1, 0.15) is 11.5 Å². The van der Waals surface area contributed by atoms with Gasteiger partial charge in [0.2, 0.25) is 34.8 Å². The molecule has 0 bridgehead atoms. The predicted molar refractivity (Wildman–Crippen MR) is 180 cm³/mol. The Morgan fingerprint density at radius 3 is 1.21 bits per heavy atom. The van der Waals surface area contributed by atoms with E-state index in [0.29, 0.717) is 24.3 Å². The highest BCUT2D eigenvalue weighted by Gasteiger charge is 2.36. The molecule has 14 nitrogen and oxygen atoms in total. The molecule has 0 aromatic heterocycles. The van der Waals surface area contributed by atoms with Crippen molar-refractivity contribution in [1.29, 1.82) is 0 Å². The van der Waals surface area contributed by atoms with E-state index in [1.54, 1.807) is 0 Å². The maximum atomic E-state index is 15.6. The fourth-order valence-electron chi connectivity index (χ4n) is 5.38. The van der Waals surface area contributed by atoms with E-state index >= 15 is 35.1 Å². The van der Waals surface area contributed by atoms with Crippen molar-refractivity contribution in [3.05, 3.63) is 107 Å². The van der Waals surface area contributed by atoms with Crippen LogP contribution < -0.4 is 9.47 Å². The van der Waals surface area contributed by atoms with E-state index in [1.807, 2.05) is 0 Å². The zero-order valence-electron chi connectivity index (χ0n) is 27.3. The maximum Gasteiger partial charge on any atom is 0.294 e. The van der Waals surface area contributed by atoms with E-state index in [-0.39, 0.29) is 27.7 Å². The van der Waals surface area contributed by atoms with Gasteiger partial charge in [-0.3, -0.25) is 13.7 Å². The first-order valence-corrected chi connectivity index (χ1v) is 19.8. The van der Waals surface area contributed by atoms with Gasteiger partial charge in [-0.05, 0) is 65.4 Å². The lowest BCUT2D eigenvalue weighted by atomic mass is 10.0. The average Bonchev–Trinajstić information content (AvgIpc) is 3.15. The first kappa shape index (κ1) is 42.4. The molecule has 0 aliphatic rings. The second kappa shape index (κ2) is 15.2. The molecule has 0 unspecified atom stereocenters. The number of fused-ring (bicyclic) bond motifs is 2. The average molecular weight is 903 g/mol. The van der Waals surface area contributed by atoms with Crippen LogP contribution in [-0.4, -0.2) is 44.2 Å². The molecule has 0 atom stereocenters. The molecule has 0 saturated carbocycles. The highest BCUT2D eigenvalue weighted by Crippen LogP contribution is 2.45. The van der Waals surface area contributed by atoms with E-state index < -0.39 is 136 Å². The standard InChI is InChI=1S/C32H14F8O14S4/c33-23-21(24(34)28(38)31(27(23)37)51-19-9-13(55-54-53-41)5-11-6-14(56(42,43)44)1-3-17(11)19)22-25(35)29(39)32(30(40)26(22)36)52-20-10-16(58(48,49)50)8-12-7-15(57(45,46)47)2-4-18(12)20/h1-10,41H,(H,42,43,44)(H,45,46,47)(H,48,49,50). The number of ether oxygens (including phenoxy) is 2. The quantitative estimate of drug-likeness (QED) is 0.0239.